The molecule has 0 fully saturated rings. The van der Waals surface area contributed by atoms with Crippen molar-refractivity contribution in [2.24, 2.45) is 20.5 Å². The number of anilines is 2. The average molecular weight is 1030 g/mol. The first-order valence-corrected chi connectivity index (χ1v) is 25.6. The van der Waals surface area contributed by atoms with Crippen LogP contribution in [0.15, 0.2) is 123 Å². The van der Waals surface area contributed by atoms with Gasteiger partial charge in [0, 0.05) is 22.1 Å². The van der Waals surface area contributed by atoms with E-state index in [0.717, 1.165) is 48.6 Å². The molecule has 0 saturated carbocycles. The van der Waals surface area contributed by atoms with Crippen molar-refractivity contribution in [3.05, 3.63) is 83.9 Å². The minimum atomic E-state index is -5.29. The number of rotatable bonds is 12. The van der Waals surface area contributed by atoms with Crippen molar-refractivity contribution in [2.45, 2.75) is 29.4 Å². The van der Waals surface area contributed by atoms with Gasteiger partial charge in [-0.25, -0.2) is 0 Å². The Morgan fingerprint density at radius 2 is 0.712 bits per heavy atom. The van der Waals surface area contributed by atoms with Crippen LogP contribution in [0.1, 0.15) is 11.1 Å². The fourth-order valence-electron chi connectivity index (χ4n) is 6.15. The minimum absolute atomic E-state index is 0.386. The molecule has 26 nitrogen and oxygen atoms in total. The van der Waals surface area contributed by atoms with Gasteiger partial charge in [-0.3, -0.25) is 27.3 Å². The summed E-state index contributed by atoms with van der Waals surface area (Å²) in [4.78, 5) is -5.79. The van der Waals surface area contributed by atoms with Crippen molar-refractivity contribution in [3.8, 4) is 11.5 Å². The summed E-state index contributed by atoms with van der Waals surface area (Å²) in [5, 5.41) is 34.8. The summed E-state index contributed by atoms with van der Waals surface area (Å²) in [6, 6.07) is 9.48. The summed E-state index contributed by atoms with van der Waals surface area (Å²) in [5.74, 6) is -2.14. The normalized spacial score (nSPS) is 13.5. The Kier molecular flexibility index (Phi) is 12.4. The molecule has 0 bridgehead atoms. The lowest BCUT2D eigenvalue weighted by molar-refractivity contribution is 0.471. The number of azo groups is 2. The lowest BCUT2D eigenvalue weighted by Gasteiger charge is -2.12. The highest BCUT2D eigenvalue weighted by Gasteiger charge is 2.27. The largest absolute Gasteiger partial charge is 0.505 e. The summed E-state index contributed by atoms with van der Waals surface area (Å²) in [6.45, 7) is 0. The van der Waals surface area contributed by atoms with Crippen LogP contribution in [0, 0.1) is 0 Å². The van der Waals surface area contributed by atoms with E-state index in [-0.39, 0.29) is 11.1 Å². The van der Waals surface area contributed by atoms with E-state index >= 15 is 0 Å². The van der Waals surface area contributed by atoms with Crippen LogP contribution in [-0.4, -0.2) is 88.0 Å². The zero-order valence-corrected chi connectivity index (χ0v) is 36.9. The quantitative estimate of drug-likeness (QED) is 0.0332. The predicted molar refractivity (Wildman–Crippen MR) is 229 cm³/mol. The first kappa shape index (κ1) is 48.9. The maximum Gasteiger partial charge on any atom is 0.296 e. The van der Waals surface area contributed by atoms with Crippen molar-refractivity contribution in [3.63, 3.8) is 0 Å². The van der Waals surface area contributed by atoms with Gasteiger partial charge in [0.25, 0.3) is 60.7 Å². The van der Waals surface area contributed by atoms with Crippen molar-refractivity contribution >= 4 is 129 Å². The molecule has 348 valence electrons. The van der Waals surface area contributed by atoms with Gasteiger partial charge in [-0.05, 0) is 82.6 Å². The van der Waals surface area contributed by atoms with Crippen molar-refractivity contribution in [2.75, 3.05) is 11.5 Å². The molecule has 0 saturated heterocycles. The lowest BCUT2D eigenvalue weighted by atomic mass is 10.1. The van der Waals surface area contributed by atoms with Crippen LogP contribution in [-0.2, 0) is 60.7 Å². The third-order valence-electron chi connectivity index (χ3n) is 8.98. The van der Waals surface area contributed by atoms with Gasteiger partial charge < -0.3 is 21.7 Å². The number of phenolic OH excluding ortho intramolecular Hbond substituents is 2. The van der Waals surface area contributed by atoms with E-state index in [4.69, 9.17) is 11.5 Å². The molecule has 0 aliphatic heterocycles. The van der Waals surface area contributed by atoms with Gasteiger partial charge >= 0.3 is 0 Å². The lowest BCUT2D eigenvalue weighted by Crippen LogP contribution is -2.03. The second-order valence-electron chi connectivity index (χ2n) is 13.4. The fraction of sp³-hybridized carbons (Fsp3) is 0. The summed E-state index contributed by atoms with van der Waals surface area (Å²) < 4.78 is 204. The number of fused-ring (bicyclic) bond motifs is 2. The van der Waals surface area contributed by atoms with Crippen LogP contribution in [0.3, 0.4) is 0 Å². The molecule has 0 aliphatic rings. The highest BCUT2D eigenvalue weighted by molar-refractivity contribution is 7.87. The average Bonchev–Trinajstić information content (AvgIpc) is 3.16. The molecule has 32 heteroatoms. The van der Waals surface area contributed by atoms with Crippen LogP contribution in [0.5, 0.6) is 11.5 Å². The predicted octanol–water partition coefficient (Wildman–Crippen LogP) is 5.05. The number of hydrogen-bond donors (Lipinski definition) is 10. The molecule has 6 aromatic carbocycles. The summed E-state index contributed by atoms with van der Waals surface area (Å²) >= 11 is 0. The van der Waals surface area contributed by atoms with E-state index in [1.165, 1.54) is 0 Å². The monoisotopic (exact) mass is 1030 g/mol. The number of phenols is 2. The number of hydrogen-bond acceptors (Lipinski definition) is 20. The minimum Gasteiger partial charge on any atom is -0.505 e. The molecule has 0 spiro atoms. The molecule has 0 unspecified atom stereocenters. The van der Waals surface area contributed by atoms with Crippen LogP contribution in [0.2, 0.25) is 0 Å². The molecule has 0 heterocycles. The number of nitrogen functional groups attached to an aromatic ring is 2. The molecule has 0 radical (unpaired) electrons. The Morgan fingerprint density at radius 3 is 1.00 bits per heavy atom. The summed E-state index contributed by atoms with van der Waals surface area (Å²) in [6.07, 6.45) is 1.85. The number of nitrogens with zero attached hydrogens (tertiary/aromatic N) is 4. The second-order valence-corrected chi connectivity index (χ2v) is 21.8. The molecular formula is C34H26N6O20S6. The molecule has 0 aromatic heterocycles. The number of benzene rings is 6. The Hall–Kier alpha value is -6.56. The Bertz CT molecular complexity index is 3660. The number of nitrogens with two attached hydrogens (primary N) is 2. The third-order valence-corrected chi connectivity index (χ3v) is 14.2. The van der Waals surface area contributed by atoms with E-state index in [0.29, 0.717) is 36.4 Å². The molecule has 0 aliphatic carbocycles. The van der Waals surface area contributed by atoms with Crippen molar-refractivity contribution in [1.82, 2.24) is 0 Å². The van der Waals surface area contributed by atoms with E-state index < -0.39 is 157 Å². The number of aromatic hydroxyl groups is 2. The van der Waals surface area contributed by atoms with Gasteiger partial charge in [-0.15, -0.1) is 10.2 Å². The molecule has 0 amide bonds. The first-order valence-electron chi connectivity index (χ1n) is 17.0. The van der Waals surface area contributed by atoms with Gasteiger partial charge in [-0.2, -0.15) is 60.7 Å². The van der Waals surface area contributed by atoms with Gasteiger partial charge in [-0.1, -0.05) is 24.3 Å². The molecular weight excluding hydrogens is 1000 g/mol. The van der Waals surface area contributed by atoms with Crippen LogP contribution in [0.4, 0.5) is 34.1 Å². The standard InChI is InChI=1S/C34H26N6O20S6/c35-23-13-21(61(43,44)45)7-17-9-27(65(55,56)57)31(33(41)29(17)23)39-37-19-5-3-15(25(11-19)63(49,50)51)1-2-16-4-6-20(12-26(16)64(52,53)54)38-40-32-28(66(58,59)60)10-18-8-22(62(46,47)48)14-24(36)30(18)34(32)42/h1-14,41-42H,35-36H2,(H,43,44,45)(H,46,47,48)(H,49,50,51)(H,52,53,54)(H,55,56,57)(H,58,59,60). The van der Waals surface area contributed by atoms with Crippen LogP contribution < -0.4 is 11.5 Å². The smallest absolute Gasteiger partial charge is 0.296 e. The van der Waals surface area contributed by atoms with Gasteiger partial charge in [0.05, 0.1) is 21.2 Å². The highest BCUT2D eigenvalue weighted by Crippen LogP contribution is 2.46. The van der Waals surface area contributed by atoms with Gasteiger partial charge in [0.2, 0.25) is 0 Å². The van der Waals surface area contributed by atoms with E-state index in [9.17, 15) is 88.0 Å². The zero-order chi connectivity index (χ0) is 49.3. The molecule has 6 rings (SSSR count). The SMILES string of the molecule is Nc1cc(S(=O)(=O)O)cc2cc(S(=O)(=O)O)c(N=Nc3ccc(C=Cc4ccc(N=Nc5c(S(=O)(=O)O)cc6cc(S(=O)(=O)O)cc(N)c6c5O)cc4S(=O)(=O)O)c(S(=O)(=O)O)c3)c(O)c12. The Labute approximate surface area is 371 Å². The molecule has 0 atom stereocenters. The Morgan fingerprint density at radius 1 is 0.394 bits per heavy atom. The zero-order valence-electron chi connectivity index (χ0n) is 32.0. The van der Waals surface area contributed by atoms with E-state index in [2.05, 4.69) is 20.5 Å². The van der Waals surface area contributed by atoms with Crippen LogP contribution >= 0.6 is 0 Å². The van der Waals surface area contributed by atoms with Crippen molar-refractivity contribution < 1.29 is 88.0 Å². The second kappa shape index (κ2) is 16.7. The fourth-order valence-corrected chi connectivity index (χ4v) is 9.98. The maximum absolute atomic E-state index is 12.5. The topological polar surface area (TPSA) is 468 Å². The van der Waals surface area contributed by atoms with Crippen molar-refractivity contribution in [1.29, 1.82) is 0 Å². The summed E-state index contributed by atoms with van der Waals surface area (Å²) in [7, 11) is -30.8. The van der Waals surface area contributed by atoms with Gasteiger partial charge in [0.1, 0.15) is 31.0 Å². The van der Waals surface area contributed by atoms with E-state index in [1.807, 2.05) is 0 Å². The van der Waals surface area contributed by atoms with Crippen LogP contribution in [0.25, 0.3) is 33.7 Å². The van der Waals surface area contributed by atoms with E-state index in [1.54, 1.807) is 0 Å². The molecule has 66 heavy (non-hydrogen) atoms. The highest BCUT2D eigenvalue weighted by atomic mass is 32.2. The maximum atomic E-state index is 12.5. The van der Waals surface area contributed by atoms with Gasteiger partial charge in [0.15, 0.2) is 11.5 Å². The third kappa shape index (κ3) is 10.1. The molecule has 12 N–H and O–H groups in total. The first-order chi connectivity index (χ1) is 30.2. The Balaban J connectivity index is 1.40. The molecule has 6 aromatic rings. The summed E-state index contributed by atoms with van der Waals surface area (Å²) in [5.41, 5.74) is 6.99.